The van der Waals surface area contributed by atoms with Gasteiger partial charge in [-0.25, -0.2) is 0 Å². The summed E-state index contributed by atoms with van der Waals surface area (Å²) in [6, 6.07) is 0. The van der Waals surface area contributed by atoms with Crippen LogP contribution < -0.4 is 0 Å². The quantitative estimate of drug-likeness (QED) is 0.362. The van der Waals surface area contributed by atoms with Crippen LogP contribution in [-0.2, 0) is 0 Å². The SMILES string of the molecule is IC[C@@H]1CC2=C1CC2. The van der Waals surface area contributed by atoms with E-state index < -0.39 is 0 Å². The fourth-order valence-corrected chi connectivity index (χ4v) is 2.45. The summed E-state index contributed by atoms with van der Waals surface area (Å²) in [6.07, 6.45) is 4.31. The number of allylic oxidation sites excluding steroid dienone is 2. The summed E-state index contributed by atoms with van der Waals surface area (Å²) in [7, 11) is 0. The van der Waals surface area contributed by atoms with Crippen LogP contribution in [0.3, 0.4) is 0 Å². The Kier molecular flexibility index (Phi) is 1.14. The largest absolute Gasteiger partial charge is 0.0857 e. The first-order chi connectivity index (χ1) is 3.92. The molecule has 0 radical (unpaired) electrons. The van der Waals surface area contributed by atoms with Crippen LogP contribution in [0.15, 0.2) is 11.1 Å². The maximum absolute atomic E-state index is 2.49. The van der Waals surface area contributed by atoms with E-state index in [0.29, 0.717) is 0 Å². The summed E-state index contributed by atoms with van der Waals surface area (Å²) < 4.78 is 1.36. The van der Waals surface area contributed by atoms with Crippen molar-refractivity contribution in [3.8, 4) is 0 Å². The van der Waals surface area contributed by atoms with E-state index in [1.165, 1.54) is 23.7 Å². The Bertz CT molecular complexity index is 146. The van der Waals surface area contributed by atoms with E-state index in [1.54, 1.807) is 5.57 Å². The third-order valence-corrected chi connectivity index (χ3v) is 3.39. The van der Waals surface area contributed by atoms with Gasteiger partial charge in [0.2, 0.25) is 0 Å². The molecule has 0 saturated heterocycles. The van der Waals surface area contributed by atoms with Crippen LogP contribution in [0, 0.1) is 5.92 Å². The lowest BCUT2D eigenvalue weighted by atomic mass is 9.67. The highest BCUT2D eigenvalue weighted by molar-refractivity contribution is 14.1. The van der Waals surface area contributed by atoms with Crippen LogP contribution in [0.25, 0.3) is 0 Å². The van der Waals surface area contributed by atoms with Gasteiger partial charge in [-0.15, -0.1) is 0 Å². The van der Waals surface area contributed by atoms with E-state index >= 15 is 0 Å². The molecule has 2 rings (SSSR count). The Morgan fingerprint density at radius 2 is 2.38 bits per heavy atom. The Labute approximate surface area is 63.5 Å². The molecule has 0 bridgehead atoms. The predicted molar refractivity (Wildman–Crippen MR) is 43.3 cm³/mol. The first-order valence-electron chi connectivity index (χ1n) is 3.18. The Morgan fingerprint density at radius 1 is 1.50 bits per heavy atom. The average Bonchev–Trinajstić information content (AvgIpc) is 1.76. The zero-order valence-electron chi connectivity index (χ0n) is 4.78. The van der Waals surface area contributed by atoms with Crippen molar-refractivity contribution < 1.29 is 0 Å². The van der Waals surface area contributed by atoms with Gasteiger partial charge in [-0.1, -0.05) is 33.7 Å². The maximum Gasteiger partial charge on any atom is 0.00642 e. The van der Waals surface area contributed by atoms with Crippen LogP contribution >= 0.6 is 22.6 Å². The Balaban J connectivity index is 2.10. The molecular formula is C7H9I. The minimum Gasteiger partial charge on any atom is -0.0857 e. The van der Waals surface area contributed by atoms with Gasteiger partial charge in [0.25, 0.3) is 0 Å². The minimum atomic E-state index is 1.01. The second-order valence-electron chi connectivity index (χ2n) is 2.68. The van der Waals surface area contributed by atoms with E-state index in [0.717, 1.165) is 5.92 Å². The number of alkyl halides is 1. The number of rotatable bonds is 1. The van der Waals surface area contributed by atoms with Crippen LogP contribution in [-0.4, -0.2) is 4.43 Å². The lowest BCUT2D eigenvalue weighted by molar-refractivity contribution is 0.477. The van der Waals surface area contributed by atoms with Crippen LogP contribution in [0.5, 0.6) is 0 Å². The van der Waals surface area contributed by atoms with Crippen molar-refractivity contribution in [2.24, 2.45) is 5.92 Å². The lowest BCUT2D eigenvalue weighted by Gasteiger charge is -2.40. The molecule has 0 spiro atoms. The van der Waals surface area contributed by atoms with Crippen molar-refractivity contribution in [3.05, 3.63) is 11.1 Å². The Hall–Kier alpha value is 0.470. The second-order valence-corrected chi connectivity index (χ2v) is 3.56. The molecule has 0 unspecified atom stereocenters. The Morgan fingerprint density at radius 3 is 2.50 bits per heavy atom. The smallest absolute Gasteiger partial charge is 0.00642 e. The standard InChI is InChI=1S/C7H9I/c8-4-6-3-5-1-2-7(5)6/h6H,1-4H2/t6-/m0/s1. The molecule has 0 N–H and O–H groups in total. The second kappa shape index (κ2) is 1.72. The highest BCUT2D eigenvalue weighted by Gasteiger charge is 2.33. The van der Waals surface area contributed by atoms with Crippen LogP contribution in [0.2, 0.25) is 0 Å². The van der Waals surface area contributed by atoms with E-state index in [1.807, 2.05) is 5.57 Å². The van der Waals surface area contributed by atoms with E-state index in [9.17, 15) is 0 Å². The molecule has 1 heteroatoms. The van der Waals surface area contributed by atoms with Gasteiger partial charge in [0.1, 0.15) is 0 Å². The molecule has 1 atom stereocenters. The third-order valence-electron chi connectivity index (χ3n) is 2.32. The molecule has 0 nitrogen and oxygen atoms in total. The molecule has 0 aromatic heterocycles. The molecule has 0 heterocycles. The molecule has 0 amide bonds. The molecule has 0 aliphatic heterocycles. The van der Waals surface area contributed by atoms with Crippen LogP contribution in [0.4, 0.5) is 0 Å². The lowest BCUT2D eigenvalue weighted by Crippen LogP contribution is -2.26. The number of hydrogen-bond donors (Lipinski definition) is 0. The van der Waals surface area contributed by atoms with Gasteiger partial charge < -0.3 is 0 Å². The van der Waals surface area contributed by atoms with Gasteiger partial charge in [-0.05, 0) is 25.2 Å². The zero-order chi connectivity index (χ0) is 5.56. The van der Waals surface area contributed by atoms with Crippen molar-refractivity contribution >= 4 is 22.6 Å². The predicted octanol–water partition coefficient (Wildman–Crippen LogP) is 2.53. The first-order valence-corrected chi connectivity index (χ1v) is 4.71. The maximum atomic E-state index is 2.49. The third kappa shape index (κ3) is 0.511. The van der Waals surface area contributed by atoms with Crippen molar-refractivity contribution in [3.63, 3.8) is 0 Å². The van der Waals surface area contributed by atoms with E-state index in [-0.39, 0.29) is 0 Å². The summed E-state index contributed by atoms with van der Waals surface area (Å²) in [5, 5.41) is 0. The number of halogens is 1. The molecule has 0 aromatic rings. The molecule has 44 valence electrons. The molecular weight excluding hydrogens is 211 g/mol. The fourth-order valence-electron chi connectivity index (χ4n) is 1.61. The summed E-state index contributed by atoms with van der Waals surface area (Å²) in [6.45, 7) is 0. The summed E-state index contributed by atoms with van der Waals surface area (Å²) in [4.78, 5) is 0. The minimum absolute atomic E-state index is 1.01. The van der Waals surface area contributed by atoms with E-state index in [4.69, 9.17) is 0 Å². The highest BCUT2D eigenvalue weighted by Crippen LogP contribution is 2.48. The summed E-state index contributed by atoms with van der Waals surface area (Å²) >= 11 is 2.49. The molecule has 2 aliphatic carbocycles. The fraction of sp³-hybridized carbons (Fsp3) is 0.714. The normalized spacial score (nSPS) is 33.4. The van der Waals surface area contributed by atoms with Crippen molar-refractivity contribution in [2.45, 2.75) is 19.3 Å². The molecule has 0 saturated carbocycles. The topological polar surface area (TPSA) is 0 Å². The van der Waals surface area contributed by atoms with Crippen molar-refractivity contribution in [1.29, 1.82) is 0 Å². The summed E-state index contributed by atoms with van der Waals surface area (Å²) in [5.74, 6) is 1.01. The molecule has 0 fully saturated rings. The first kappa shape index (κ1) is 5.27. The van der Waals surface area contributed by atoms with Crippen LogP contribution in [0.1, 0.15) is 19.3 Å². The molecule has 8 heavy (non-hydrogen) atoms. The van der Waals surface area contributed by atoms with Gasteiger partial charge in [0, 0.05) is 4.43 Å². The molecule has 2 aliphatic rings. The van der Waals surface area contributed by atoms with Gasteiger partial charge >= 0.3 is 0 Å². The van der Waals surface area contributed by atoms with Gasteiger partial charge in [0.15, 0.2) is 0 Å². The summed E-state index contributed by atoms with van der Waals surface area (Å²) in [5.41, 5.74) is 3.62. The molecule has 0 aromatic carbocycles. The number of hydrogen-bond acceptors (Lipinski definition) is 0. The monoisotopic (exact) mass is 220 g/mol. The van der Waals surface area contributed by atoms with E-state index in [2.05, 4.69) is 22.6 Å². The average molecular weight is 220 g/mol. The zero-order valence-corrected chi connectivity index (χ0v) is 6.94. The van der Waals surface area contributed by atoms with Gasteiger partial charge in [-0.2, -0.15) is 0 Å². The highest BCUT2D eigenvalue weighted by atomic mass is 127. The van der Waals surface area contributed by atoms with Gasteiger partial charge in [-0.3, -0.25) is 0 Å². The van der Waals surface area contributed by atoms with Gasteiger partial charge in [0.05, 0.1) is 0 Å². The van der Waals surface area contributed by atoms with Crippen molar-refractivity contribution in [1.82, 2.24) is 0 Å². The van der Waals surface area contributed by atoms with Crippen molar-refractivity contribution in [2.75, 3.05) is 4.43 Å².